The summed E-state index contributed by atoms with van der Waals surface area (Å²) in [7, 11) is -0.610. The van der Waals surface area contributed by atoms with E-state index in [4.69, 9.17) is 25.6 Å². The van der Waals surface area contributed by atoms with Crippen LogP contribution >= 0.6 is 11.6 Å². The highest BCUT2D eigenvalue weighted by molar-refractivity contribution is 6.65. The molecule has 26 heavy (non-hydrogen) atoms. The number of benzene rings is 1. The Hall–Kier alpha value is -1.28. The highest BCUT2D eigenvalue weighted by Gasteiger charge is 2.52. The van der Waals surface area contributed by atoms with E-state index < -0.39 is 36.2 Å². The lowest BCUT2D eigenvalue weighted by Crippen LogP contribution is -2.44. The minimum atomic E-state index is -1.02. The molecule has 1 atom stereocenters. The number of hydrogen-bond donors (Lipinski definition) is 1. The fraction of sp³-hybridized carbons (Fsp3) is 0.611. The molecule has 1 amide bonds. The summed E-state index contributed by atoms with van der Waals surface area (Å²) in [5, 5.41) is 10.1. The molecule has 2 saturated heterocycles. The first-order valence-corrected chi connectivity index (χ1v) is 9.05. The van der Waals surface area contributed by atoms with Crippen LogP contribution < -0.4 is 5.46 Å². The van der Waals surface area contributed by atoms with Crippen molar-refractivity contribution in [2.24, 2.45) is 0 Å². The van der Waals surface area contributed by atoms with E-state index >= 15 is 0 Å². The molecule has 1 N–H and O–H groups in total. The number of rotatable bonds is 2. The Bertz CT molecular complexity index is 720. The van der Waals surface area contributed by atoms with Crippen LogP contribution in [0.15, 0.2) is 18.2 Å². The predicted molar refractivity (Wildman–Crippen MR) is 99.8 cm³/mol. The van der Waals surface area contributed by atoms with E-state index in [1.54, 1.807) is 19.9 Å². The van der Waals surface area contributed by atoms with E-state index in [1.807, 2.05) is 39.8 Å². The fourth-order valence-corrected chi connectivity index (χ4v) is 3.54. The number of halogens is 1. The highest BCUT2D eigenvalue weighted by atomic mass is 35.5. The van der Waals surface area contributed by atoms with Gasteiger partial charge in [-0.25, -0.2) is 4.79 Å². The molecule has 0 bridgehead atoms. The van der Waals surface area contributed by atoms with E-state index in [0.29, 0.717) is 10.5 Å². The summed E-state index contributed by atoms with van der Waals surface area (Å²) in [6.07, 6.45) is -1.02. The van der Waals surface area contributed by atoms with Gasteiger partial charge in [-0.2, -0.15) is 0 Å². The average Bonchev–Trinajstić information content (AvgIpc) is 2.92. The van der Waals surface area contributed by atoms with Gasteiger partial charge in [0, 0.05) is 10.5 Å². The molecule has 2 heterocycles. The number of ether oxygens (including phenoxy) is 1. The van der Waals surface area contributed by atoms with Crippen LogP contribution in [0.1, 0.15) is 53.1 Å². The Morgan fingerprint density at radius 1 is 1.19 bits per heavy atom. The van der Waals surface area contributed by atoms with Crippen LogP contribution in [0.25, 0.3) is 0 Å². The molecule has 2 fully saturated rings. The Morgan fingerprint density at radius 2 is 1.77 bits per heavy atom. The summed E-state index contributed by atoms with van der Waals surface area (Å²) in [6.45, 7) is 11.7. The SMILES string of the molecule is CC1(C)OCC(c2ccc(Cl)c(B3OC(C)(C)C(C)(C)O3)c2)N1C(=O)O. The molecule has 8 heteroatoms. The summed E-state index contributed by atoms with van der Waals surface area (Å²) in [5.74, 6) is 0. The Kier molecular flexibility index (Phi) is 4.59. The Labute approximate surface area is 159 Å². The topological polar surface area (TPSA) is 68.2 Å². The van der Waals surface area contributed by atoms with Crippen molar-refractivity contribution in [3.8, 4) is 0 Å². The van der Waals surface area contributed by atoms with Gasteiger partial charge in [0.2, 0.25) is 0 Å². The largest absolute Gasteiger partial charge is 0.496 e. The van der Waals surface area contributed by atoms with Gasteiger partial charge in [0.05, 0.1) is 23.9 Å². The molecule has 0 aromatic heterocycles. The molecule has 0 aliphatic carbocycles. The van der Waals surface area contributed by atoms with Crippen molar-refractivity contribution in [3.63, 3.8) is 0 Å². The molecule has 6 nitrogen and oxygen atoms in total. The number of hydrogen-bond acceptors (Lipinski definition) is 4. The van der Waals surface area contributed by atoms with Crippen LogP contribution in [0.5, 0.6) is 0 Å². The van der Waals surface area contributed by atoms with Gasteiger partial charge in [-0.05, 0) is 53.2 Å². The molecule has 2 aliphatic rings. The minimum absolute atomic E-state index is 0.281. The van der Waals surface area contributed by atoms with E-state index in [0.717, 1.165) is 5.56 Å². The number of nitrogens with zero attached hydrogens (tertiary/aromatic N) is 1. The third-order valence-corrected chi connectivity index (χ3v) is 5.95. The van der Waals surface area contributed by atoms with Crippen LogP contribution in [0, 0.1) is 0 Å². The zero-order valence-electron chi connectivity index (χ0n) is 16.0. The maximum Gasteiger partial charge on any atom is 0.496 e. The molecule has 0 spiro atoms. The lowest BCUT2D eigenvalue weighted by atomic mass is 9.77. The van der Waals surface area contributed by atoms with E-state index in [2.05, 4.69) is 0 Å². The molecular formula is C18H25BClNO5. The molecule has 1 aromatic carbocycles. The van der Waals surface area contributed by atoms with Crippen LogP contribution in [0.4, 0.5) is 4.79 Å². The van der Waals surface area contributed by atoms with Crippen LogP contribution in [-0.2, 0) is 14.0 Å². The van der Waals surface area contributed by atoms with Crippen molar-refractivity contribution in [1.82, 2.24) is 4.90 Å². The van der Waals surface area contributed by atoms with Gasteiger partial charge in [0.15, 0.2) is 0 Å². The lowest BCUT2D eigenvalue weighted by molar-refractivity contribution is -0.0420. The van der Waals surface area contributed by atoms with E-state index in [-0.39, 0.29) is 6.61 Å². The number of amides is 1. The normalized spacial score (nSPS) is 26.3. The van der Waals surface area contributed by atoms with Crippen molar-refractivity contribution in [2.45, 2.75) is 64.5 Å². The van der Waals surface area contributed by atoms with E-state index in [9.17, 15) is 9.90 Å². The lowest BCUT2D eigenvalue weighted by Gasteiger charge is -2.32. The van der Waals surface area contributed by atoms with Gasteiger partial charge in [0.1, 0.15) is 5.72 Å². The molecular weight excluding hydrogens is 356 g/mol. The highest BCUT2D eigenvalue weighted by Crippen LogP contribution is 2.39. The first-order valence-electron chi connectivity index (χ1n) is 8.67. The Morgan fingerprint density at radius 3 is 2.31 bits per heavy atom. The molecule has 2 aliphatic heterocycles. The van der Waals surface area contributed by atoms with Crippen LogP contribution in [0.3, 0.4) is 0 Å². The van der Waals surface area contributed by atoms with Crippen LogP contribution in [0.2, 0.25) is 5.02 Å². The molecule has 142 valence electrons. The smallest absolute Gasteiger partial charge is 0.465 e. The van der Waals surface area contributed by atoms with Crippen molar-refractivity contribution in [1.29, 1.82) is 0 Å². The maximum atomic E-state index is 11.7. The van der Waals surface area contributed by atoms with Gasteiger partial charge in [-0.1, -0.05) is 23.7 Å². The molecule has 0 radical (unpaired) electrons. The summed E-state index contributed by atoms with van der Waals surface area (Å²) in [6, 6.07) is 5.02. The molecule has 0 saturated carbocycles. The van der Waals surface area contributed by atoms with Gasteiger partial charge in [-0.15, -0.1) is 0 Å². The molecule has 1 unspecified atom stereocenters. The zero-order chi connectivity index (χ0) is 19.5. The predicted octanol–water partition coefficient (Wildman–Crippen LogP) is 3.43. The second kappa shape index (κ2) is 6.13. The third kappa shape index (κ3) is 3.11. The molecule has 3 rings (SSSR count). The average molecular weight is 382 g/mol. The minimum Gasteiger partial charge on any atom is -0.465 e. The van der Waals surface area contributed by atoms with Gasteiger partial charge >= 0.3 is 13.2 Å². The zero-order valence-corrected chi connectivity index (χ0v) is 16.8. The van der Waals surface area contributed by atoms with Gasteiger partial charge in [-0.3, -0.25) is 4.90 Å². The van der Waals surface area contributed by atoms with Crippen molar-refractivity contribution in [3.05, 3.63) is 28.8 Å². The standard InChI is InChI=1S/C18H25BClNO5/c1-16(2)17(3,4)26-19(25-16)12-9-11(7-8-13(12)20)14-10-24-18(5,6)21(14)15(22)23/h7-9,14H,10H2,1-6H3,(H,22,23). The van der Waals surface area contributed by atoms with Crippen LogP contribution in [-0.4, -0.2) is 46.8 Å². The second-order valence-corrected chi connectivity index (χ2v) is 8.70. The first kappa shape index (κ1) is 19.5. The van der Waals surface area contributed by atoms with Crippen molar-refractivity contribution < 1.29 is 23.9 Å². The Balaban J connectivity index is 1.96. The van der Waals surface area contributed by atoms with E-state index in [1.165, 1.54) is 4.90 Å². The third-order valence-electron chi connectivity index (χ3n) is 5.60. The summed E-state index contributed by atoms with van der Waals surface area (Å²) >= 11 is 6.40. The maximum absolute atomic E-state index is 11.7. The van der Waals surface area contributed by atoms with Crippen molar-refractivity contribution >= 4 is 30.3 Å². The first-order chi connectivity index (χ1) is 11.9. The van der Waals surface area contributed by atoms with Gasteiger partial charge < -0.3 is 19.2 Å². The summed E-state index contributed by atoms with van der Waals surface area (Å²) in [4.78, 5) is 13.1. The van der Waals surface area contributed by atoms with Gasteiger partial charge in [0.25, 0.3) is 0 Å². The fourth-order valence-electron chi connectivity index (χ4n) is 3.33. The van der Waals surface area contributed by atoms with Crippen molar-refractivity contribution in [2.75, 3.05) is 6.61 Å². The molecule has 1 aromatic rings. The summed E-state index contributed by atoms with van der Waals surface area (Å²) in [5.41, 5.74) is -0.365. The number of carbonyl (C=O) groups is 1. The number of carboxylic acid groups (broad SMARTS) is 1. The monoisotopic (exact) mass is 381 g/mol. The quantitative estimate of drug-likeness (QED) is 0.795. The summed E-state index contributed by atoms with van der Waals surface area (Å²) < 4.78 is 17.9. The second-order valence-electron chi connectivity index (χ2n) is 8.30.